The number of aromatic nitrogens is 2. The second kappa shape index (κ2) is 4.36. The van der Waals surface area contributed by atoms with E-state index in [-0.39, 0.29) is 0 Å². The second-order valence-corrected chi connectivity index (χ2v) is 3.60. The first-order chi connectivity index (χ1) is 7.29. The highest BCUT2D eigenvalue weighted by molar-refractivity contribution is 6.30. The van der Waals surface area contributed by atoms with Crippen molar-refractivity contribution in [2.75, 3.05) is 7.11 Å². The van der Waals surface area contributed by atoms with Crippen molar-refractivity contribution in [3.63, 3.8) is 0 Å². The molecule has 0 aliphatic carbocycles. The first kappa shape index (κ1) is 10.1. The number of nitrogens with zero attached hydrogens (tertiary/aromatic N) is 2. The summed E-state index contributed by atoms with van der Waals surface area (Å²) in [6, 6.07) is 7.49. The van der Waals surface area contributed by atoms with Crippen molar-refractivity contribution in [2.24, 2.45) is 0 Å². The molecule has 15 heavy (non-hydrogen) atoms. The molecule has 0 fully saturated rings. The molecule has 3 nitrogen and oxygen atoms in total. The van der Waals surface area contributed by atoms with Gasteiger partial charge in [0.2, 0.25) is 0 Å². The number of methoxy groups -OCH3 is 1. The topological polar surface area (TPSA) is 27.1 Å². The van der Waals surface area contributed by atoms with Gasteiger partial charge < -0.3 is 4.74 Å². The third kappa shape index (κ3) is 2.30. The van der Waals surface area contributed by atoms with Gasteiger partial charge in [-0.2, -0.15) is 5.10 Å². The summed E-state index contributed by atoms with van der Waals surface area (Å²) >= 11 is 5.88. The number of hydrogen-bond donors (Lipinski definition) is 0. The molecule has 4 heteroatoms. The van der Waals surface area contributed by atoms with Crippen LogP contribution in [0.25, 0.3) is 0 Å². The van der Waals surface area contributed by atoms with Crippen LogP contribution < -0.4 is 4.74 Å². The fourth-order valence-corrected chi connectivity index (χ4v) is 1.58. The Balaban J connectivity index is 2.28. The van der Waals surface area contributed by atoms with Crippen LogP contribution in [0.4, 0.5) is 0 Å². The van der Waals surface area contributed by atoms with Crippen LogP contribution >= 0.6 is 11.6 Å². The molecule has 2 rings (SSSR count). The molecule has 0 N–H and O–H groups in total. The van der Waals surface area contributed by atoms with Crippen LogP contribution in [0, 0.1) is 0 Å². The summed E-state index contributed by atoms with van der Waals surface area (Å²) in [5.41, 5.74) is 1.06. The molecule has 1 aromatic carbocycles. The minimum atomic E-state index is 0.677. The van der Waals surface area contributed by atoms with E-state index in [1.807, 2.05) is 29.1 Å². The SMILES string of the molecule is COc1cc(Cl)ccc1Cn1cccn1. The highest BCUT2D eigenvalue weighted by Gasteiger charge is 2.04. The Hall–Kier alpha value is -1.48. The van der Waals surface area contributed by atoms with Crippen molar-refractivity contribution in [2.45, 2.75) is 6.54 Å². The summed E-state index contributed by atoms with van der Waals surface area (Å²) in [5.74, 6) is 0.790. The number of ether oxygens (including phenoxy) is 1. The molecule has 0 amide bonds. The van der Waals surface area contributed by atoms with Gasteiger partial charge in [-0.15, -0.1) is 0 Å². The zero-order valence-corrected chi connectivity index (χ0v) is 9.11. The quantitative estimate of drug-likeness (QED) is 0.798. The van der Waals surface area contributed by atoms with E-state index in [1.54, 1.807) is 19.4 Å². The molecule has 78 valence electrons. The zero-order chi connectivity index (χ0) is 10.7. The van der Waals surface area contributed by atoms with E-state index < -0.39 is 0 Å². The Kier molecular flexibility index (Phi) is 2.92. The summed E-state index contributed by atoms with van der Waals surface area (Å²) in [4.78, 5) is 0. The molecule has 2 aromatic rings. The summed E-state index contributed by atoms with van der Waals surface area (Å²) in [6.07, 6.45) is 3.66. The molecule has 0 aliphatic heterocycles. The van der Waals surface area contributed by atoms with Gasteiger partial charge in [-0.25, -0.2) is 0 Å². The van der Waals surface area contributed by atoms with Crippen molar-refractivity contribution >= 4 is 11.6 Å². The molecular weight excluding hydrogens is 212 g/mol. The first-order valence-electron chi connectivity index (χ1n) is 4.59. The van der Waals surface area contributed by atoms with E-state index >= 15 is 0 Å². The zero-order valence-electron chi connectivity index (χ0n) is 8.35. The van der Waals surface area contributed by atoms with E-state index in [9.17, 15) is 0 Å². The number of hydrogen-bond acceptors (Lipinski definition) is 2. The average molecular weight is 223 g/mol. The predicted molar refractivity (Wildman–Crippen MR) is 59.3 cm³/mol. The lowest BCUT2D eigenvalue weighted by molar-refractivity contribution is 0.407. The highest BCUT2D eigenvalue weighted by Crippen LogP contribution is 2.23. The van der Waals surface area contributed by atoms with Crippen LogP contribution in [0.5, 0.6) is 5.75 Å². The maximum absolute atomic E-state index is 5.88. The Bertz CT molecular complexity index is 440. The molecule has 0 aliphatic rings. The summed E-state index contributed by atoms with van der Waals surface area (Å²) in [6.45, 7) is 0.688. The van der Waals surface area contributed by atoms with Crippen molar-refractivity contribution in [3.8, 4) is 5.75 Å². The van der Waals surface area contributed by atoms with Gasteiger partial charge in [0.15, 0.2) is 0 Å². The Morgan fingerprint density at radius 3 is 3.00 bits per heavy atom. The minimum Gasteiger partial charge on any atom is -0.496 e. The van der Waals surface area contributed by atoms with Crippen LogP contribution in [0.3, 0.4) is 0 Å². The van der Waals surface area contributed by atoms with Crippen molar-refractivity contribution in [1.29, 1.82) is 0 Å². The number of benzene rings is 1. The Morgan fingerprint density at radius 2 is 2.33 bits per heavy atom. The third-order valence-electron chi connectivity index (χ3n) is 2.14. The minimum absolute atomic E-state index is 0.677. The Morgan fingerprint density at radius 1 is 1.47 bits per heavy atom. The molecule has 0 bridgehead atoms. The summed E-state index contributed by atoms with van der Waals surface area (Å²) in [5, 5.41) is 4.81. The normalized spacial score (nSPS) is 10.3. The molecule has 0 saturated carbocycles. The second-order valence-electron chi connectivity index (χ2n) is 3.16. The molecule has 0 saturated heterocycles. The van der Waals surface area contributed by atoms with Gasteiger partial charge in [0.1, 0.15) is 5.75 Å². The van der Waals surface area contributed by atoms with E-state index in [4.69, 9.17) is 16.3 Å². The van der Waals surface area contributed by atoms with Gasteiger partial charge in [0.05, 0.1) is 13.7 Å². The van der Waals surface area contributed by atoms with Crippen LogP contribution in [-0.4, -0.2) is 16.9 Å². The van der Waals surface area contributed by atoms with E-state index in [2.05, 4.69) is 5.10 Å². The van der Waals surface area contributed by atoms with Crippen LogP contribution in [0.1, 0.15) is 5.56 Å². The number of halogens is 1. The summed E-state index contributed by atoms with van der Waals surface area (Å²) < 4.78 is 7.09. The maximum atomic E-state index is 5.88. The number of rotatable bonds is 3. The van der Waals surface area contributed by atoms with E-state index in [0.717, 1.165) is 11.3 Å². The lowest BCUT2D eigenvalue weighted by Gasteiger charge is -2.08. The van der Waals surface area contributed by atoms with Gasteiger partial charge in [-0.3, -0.25) is 4.68 Å². The average Bonchev–Trinajstić information content (AvgIpc) is 2.73. The maximum Gasteiger partial charge on any atom is 0.125 e. The van der Waals surface area contributed by atoms with E-state index in [1.165, 1.54) is 0 Å². The standard InChI is InChI=1S/C11H11ClN2O/c1-15-11-7-10(12)4-3-9(11)8-14-6-2-5-13-14/h2-7H,8H2,1H3. The van der Waals surface area contributed by atoms with Gasteiger partial charge in [0, 0.05) is 23.0 Å². The van der Waals surface area contributed by atoms with Gasteiger partial charge in [-0.1, -0.05) is 17.7 Å². The molecular formula is C11H11ClN2O. The highest BCUT2D eigenvalue weighted by atomic mass is 35.5. The van der Waals surface area contributed by atoms with Gasteiger partial charge in [0.25, 0.3) is 0 Å². The summed E-state index contributed by atoms with van der Waals surface area (Å²) in [7, 11) is 1.64. The van der Waals surface area contributed by atoms with E-state index in [0.29, 0.717) is 11.6 Å². The van der Waals surface area contributed by atoms with Crippen LogP contribution in [-0.2, 0) is 6.54 Å². The van der Waals surface area contributed by atoms with Crippen LogP contribution in [0.2, 0.25) is 5.02 Å². The third-order valence-corrected chi connectivity index (χ3v) is 2.38. The molecule has 0 atom stereocenters. The van der Waals surface area contributed by atoms with Crippen molar-refractivity contribution < 1.29 is 4.74 Å². The van der Waals surface area contributed by atoms with Crippen LogP contribution in [0.15, 0.2) is 36.7 Å². The Labute approximate surface area is 93.2 Å². The lowest BCUT2D eigenvalue weighted by atomic mass is 10.2. The first-order valence-corrected chi connectivity index (χ1v) is 4.97. The monoisotopic (exact) mass is 222 g/mol. The van der Waals surface area contributed by atoms with Crippen molar-refractivity contribution in [3.05, 3.63) is 47.2 Å². The fraction of sp³-hybridized carbons (Fsp3) is 0.182. The van der Waals surface area contributed by atoms with Gasteiger partial charge >= 0.3 is 0 Å². The lowest BCUT2D eigenvalue weighted by Crippen LogP contribution is -2.01. The predicted octanol–water partition coefficient (Wildman–Crippen LogP) is 2.59. The molecule has 0 spiro atoms. The molecule has 1 heterocycles. The van der Waals surface area contributed by atoms with Crippen molar-refractivity contribution in [1.82, 2.24) is 9.78 Å². The molecule has 0 unspecified atom stereocenters. The largest absolute Gasteiger partial charge is 0.496 e. The fourth-order valence-electron chi connectivity index (χ4n) is 1.42. The smallest absolute Gasteiger partial charge is 0.125 e. The van der Waals surface area contributed by atoms with Gasteiger partial charge in [-0.05, 0) is 18.2 Å². The molecule has 0 radical (unpaired) electrons. The molecule has 1 aromatic heterocycles.